The van der Waals surface area contributed by atoms with Crippen molar-refractivity contribution < 1.29 is 4.39 Å². The largest absolute Gasteiger partial charge is 0.384 e. The number of amidine groups is 1. The zero-order chi connectivity index (χ0) is 12.1. The van der Waals surface area contributed by atoms with E-state index in [-0.39, 0.29) is 11.7 Å². The second kappa shape index (κ2) is 5.89. The Balaban J connectivity index is 2.72. The number of halogens is 1. The average Bonchev–Trinajstić information content (AvgIpc) is 2.26. The van der Waals surface area contributed by atoms with Gasteiger partial charge in [0, 0.05) is 16.2 Å². The van der Waals surface area contributed by atoms with Crippen LogP contribution in [0.25, 0.3) is 0 Å². The fourth-order valence-corrected chi connectivity index (χ4v) is 2.20. The highest BCUT2D eigenvalue weighted by atomic mass is 32.2. The molecule has 4 heteroatoms. The van der Waals surface area contributed by atoms with E-state index in [9.17, 15) is 4.39 Å². The third-order valence-electron chi connectivity index (χ3n) is 2.46. The van der Waals surface area contributed by atoms with Gasteiger partial charge in [-0.15, -0.1) is 11.8 Å². The van der Waals surface area contributed by atoms with E-state index in [0.29, 0.717) is 16.4 Å². The van der Waals surface area contributed by atoms with Crippen LogP contribution in [-0.2, 0) is 0 Å². The lowest BCUT2D eigenvalue weighted by Crippen LogP contribution is -2.11. The van der Waals surface area contributed by atoms with Crippen LogP contribution in [0.5, 0.6) is 0 Å². The maximum atomic E-state index is 13.6. The Hall–Kier alpha value is -1.03. The van der Waals surface area contributed by atoms with E-state index < -0.39 is 0 Å². The predicted octanol–water partition coefficient (Wildman–Crippen LogP) is 3.25. The Morgan fingerprint density at radius 3 is 2.75 bits per heavy atom. The van der Waals surface area contributed by atoms with E-state index in [1.165, 1.54) is 17.8 Å². The molecule has 1 rings (SSSR count). The molecule has 1 aromatic rings. The SMILES string of the molecule is CCC(C)CSc1ccc(C(=N)N)cc1F. The normalized spacial score (nSPS) is 12.4. The number of hydrogen-bond donors (Lipinski definition) is 2. The van der Waals surface area contributed by atoms with Crippen molar-refractivity contribution >= 4 is 17.6 Å². The lowest BCUT2D eigenvalue weighted by Gasteiger charge is -2.09. The minimum absolute atomic E-state index is 0.0997. The maximum Gasteiger partial charge on any atom is 0.137 e. The van der Waals surface area contributed by atoms with E-state index in [4.69, 9.17) is 11.1 Å². The van der Waals surface area contributed by atoms with Gasteiger partial charge in [0.05, 0.1) is 0 Å². The van der Waals surface area contributed by atoms with E-state index in [0.717, 1.165) is 12.2 Å². The van der Waals surface area contributed by atoms with Crippen LogP contribution < -0.4 is 5.73 Å². The van der Waals surface area contributed by atoms with Gasteiger partial charge in [-0.05, 0) is 24.1 Å². The van der Waals surface area contributed by atoms with Crippen LogP contribution in [0.2, 0.25) is 0 Å². The second-order valence-electron chi connectivity index (χ2n) is 3.88. The van der Waals surface area contributed by atoms with Gasteiger partial charge in [0.25, 0.3) is 0 Å². The molecule has 3 N–H and O–H groups in total. The van der Waals surface area contributed by atoms with Crippen LogP contribution in [-0.4, -0.2) is 11.6 Å². The zero-order valence-electron chi connectivity index (χ0n) is 9.59. The molecule has 0 spiro atoms. The Bertz CT molecular complexity index is 379. The Morgan fingerprint density at radius 2 is 2.25 bits per heavy atom. The highest BCUT2D eigenvalue weighted by molar-refractivity contribution is 7.99. The Morgan fingerprint density at radius 1 is 1.56 bits per heavy atom. The van der Waals surface area contributed by atoms with Gasteiger partial charge >= 0.3 is 0 Å². The summed E-state index contributed by atoms with van der Waals surface area (Å²) in [7, 11) is 0. The molecule has 88 valence electrons. The van der Waals surface area contributed by atoms with Crippen molar-refractivity contribution in [2.24, 2.45) is 11.7 Å². The first kappa shape index (κ1) is 13.0. The number of nitrogen functional groups attached to an aromatic ring is 1. The monoisotopic (exact) mass is 240 g/mol. The van der Waals surface area contributed by atoms with Crippen LogP contribution in [0.15, 0.2) is 23.1 Å². The van der Waals surface area contributed by atoms with Gasteiger partial charge < -0.3 is 5.73 Å². The molecular formula is C12H17FN2S. The van der Waals surface area contributed by atoms with Crippen molar-refractivity contribution in [3.05, 3.63) is 29.6 Å². The molecular weight excluding hydrogens is 223 g/mol. The van der Waals surface area contributed by atoms with Crippen molar-refractivity contribution in [1.82, 2.24) is 0 Å². The molecule has 1 aromatic carbocycles. The van der Waals surface area contributed by atoms with Gasteiger partial charge in [0.1, 0.15) is 11.7 Å². The third kappa shape index (κ3) is 3.52. The van der Waals surface area contributed by atoms with Crippen LogP contribution in [0, 0.1) is 17.1 Å². The number of nitrogens with one attached hydrogen (secondary N) is 1. The summed E-state index contributed by atoms with van der Waals surface area (Å²) in [6.45, 7) is 4.27. The predicted molar refractivity (Wildman–Crippen MR) is 67.6 cm³/mol. The molecule has 0 saturated heterocycles. The highest BCUT2D eigenvalue weighted by Gasteiger charge is 2.07. The van der Waals surface area contributed by atoms with Crippen molar-refractivity contribution in [3.63, 3.8) is 0 Å². The number of nitrogens with two attached hydrogens (primary N) is 1. The van der Waals surface area contributed by atoms with Gasteiger partial charge in [0.2, 0.25) is 0 Å². The van der Waals surface area contributed by atoms with Gasteiger partial charge in [-0.25, -0.2) is 4.39 Å². The van der Waals surface area contributed by atoms with Crippen LogP contribution >= 0.6 is 11.8 Å². The lowest BCUT2D eigenvalue weighted by molar-refractivity contribution is 0.599. The Kier molecular flexibility index (Phi) is 4.80. The topological polar surface area (TPSA) is 49.9 Å². The maximum absolute atomic E-state index is 13.6. The summed E-state index contributed by atoms with van der Waals surface area (Å²) in [5, 5.41) is 7.21. The first-order valence-electron chi connectivity index (χ1n) is 5.31. The molecule has 1 unspecified atom stereocenters. The first-order chi connectivity index (χ1) is 7.54. The summed E-state index contributed by atoms with van der Waals surface area (Å²) in [6.07, 6.45) is 1.10. The van der Waals surface area contributed by atoms with Gasteiger partial charge in [0.15, 0.2) is 0 Å². The fraction of sp³-hybridized carbons (Fsp3) is 0.417. The molecule has 0 aliphatic rings. The molecule has 1 atom stereocenters. The third-order valence-corrected chi connectivity index (χ3v) is 3.84. The quantitative estimate of drug-likeness (QED) is 0.471. The molecule has 0 heterocycles. The summed E-state index contributed by atoms with van der Waals surface area (Å²) in [4.78, 5) is 0.630. The molecule has 0 aromatic heterocycles. The van der Waals surface area contributed by atoms with Gasteiger partial charge in [-0.3, -0.25) is 5.41 Å². The molecule has 0 saturated carbocycles. The van der Waals surface area contributed by atoms with Crippen molar-refractivity contribution in [1.29, 1.82) is 5.41 Å². The van der Waals surface area contributed by atoms with E-state index in [2.05, 4.69) is 13.8 Å². The smallest absolute Gasteiger partial charge is 0.137 e. The molecule has 0 radical (unpaired) electrons. The lowest BCUT2D eigenvalue weighted by atomic mass is 10.2. The van der Waals surface area contributed by atoms with Crippen LogP contribution in [0.3, 0.4) is 0 Å². The summed E-state index contributed by atoms with van der Waals surface area (Å²) in [6, 6.07) is 4.70. The molecule has 16 heavy (non-hydrogen) atoms. The van der Waals surface area contributed by atoms with Crippen LogP contribution in [0.1, 0.15) is 25.8 Å². The van der Waals surface area contributed by atoms with E-state index >= 15 is 0 Å². The second-order valence-corrected chi connectivity index (χ2v) is 4.95. The summed E-state index contributed by atoms with van der Waals surface area (Å²) in [5.41, 5.74) is 5.72. The first-order valence-corrected chi connectivity index (χ1v) is 6.30. The number of benzene rings is 1. The summed E-state index contributed by atoms with van der Waals surface area (Å²) >= 11 is 1.51. The van der Waals surface area contributed by atoms with Crippen LogP contribution in [0.4, 0.5) is 4.39 Å². The minimum atomic E-state index is -0.291. The summed E-state index contributed by atoms with van der Waals surface area (Å²) in [5.74, 6) is 1.10. The molecule has 2 nitrogen and oxygen atoms in total. The van der Waals surface area contributed by atoms with Gasteiger partial charge in [-0.1, -0.05) is 20.3 Å². The molecule has 0 fully saturated rings. The number of hydrogen-bond acceptors (Lipinski definition) is 2. The van der Waals surface area contributed by atoms with E-state index in [1.54, 1.807) is 12.1 Å². The standard InChI is InChI=1S/C12H17FN2S/c1-3-8(2)7-16-11-5-4-9(12(14)15)6-10(11)13/h4-6,8H,3,7H2,1-2H3,(H3,14,15). The van der Waals surface area contributed by atoms with Gasteiger partial charge in [-0.2, -0.15) is 0 Å². The molecule has 0 bridgehead atoms. The highest BCUT2D eigenvalue weighted by Crippen LogP contribution is 2.25. The number of rotatable bonds is 5. The summed E-state index contributed by atoms with van der Waals surface area (Å²) < 4.78 is 13.6. The van der Waals surface area contributed by atoms with Crippen molar-refractivity contribution in [2.75, 3.05) is 5.75 Å². The molecule has 0 amide bonds. The Labute approximate surface area is 99.9 Å². The molecule has 0 aliphatic carbocycles. The minimum Gasteiger partial charge on any atom is -0.384 e. The zero-order valence-corrected chi connectivity index (χ0v) is 10.4. The van der Waals surface area contributed by atoms with Crippen molar-refractivity contribution in [2.45, 2.75) is 25.2 Å². The number of thioether (sulfide) groups is 1. The van der Waals surface area contributed by atoms with E-state index in [1.807, 2.05) is 0 Å². The average molecular weight is 240 g/mol. The molecule has 0 aliphatic heterocycles. The van der Waals surface area contributed by atoms with Crippen molar-refractivity contribution in [3.8, 4) is 0 Å². The fourth-order valence-electron chi connectivity index (χ4n) is 1.14.